The Balaban J connectivity index is 2.64. The molecule has 0 fully saturated rings. The molecule has 2 heteroatoms. The van der Waals surface area contributed by atoms with Crippen molar-refractivity contribution in [3.63, 3.8) is 0 Å². The van der Waals surface area contributed by atoms with Crippen LogP contribution in [-0.2, 0) is 0 Å². The largest absolute Gasteiger partial charge is 0.285 e. The van der Waals surface area contributed by atoms with E-state index in [-0.39, 0.29) is 0 Å². The summed E-state index contributed by atoms with van der Waals surface area (Å²) >= 11 is 0. The molecule has 0 radical (unpaired) electrons. The first kappa shape index (κ1) is 9.00. The van der Waals surface area contributed by atoms with E-state index < -0.39 is 0 Å². The van der Waals surface area contributed by atoms with Gasteiger partial charge in [-0.2, -0.15) is 5.10 Å². The molecule has 0 aliphatic carbocycles. The predicted molar refractivity (Wildman–Crippen MR) is 58.2 cm³/mol. The van der Waals surface area contributed by atoms with Crippen LogP contribution in [0.3, 0.4) is 0 Å². The fourth-order valence-corrected chi connectivity index (χ4v) is 2.02. The van der Waals surface area contributed by atoms with E-state index in [4.69, 9.17) is 0 Å². The molecular formula is C12H14N2. The van der Waals surface area contributed by atoms with Gasteiger partial charge in [0, 0.05) is 11.8 Å². The summed E-state index contributed by atoms with van der Waals surface area (Å²) in [6, 6.07) is 4.41. The first-order chi connectivity index (χ1) is 6.68. The lowest BCUT2D eigenvalue weighted by Gasteiger charge is -2.08. The molecule has 0 saturated heterocycles. The highest BCUT2D eigenvalue weighted by molar-refractivity contribution is 5.69. The van der Waals surface area contributed by atoms with E-state index in [1.807, 2.05) is 12.4 Å². The molecule has 2 aromatic rings. The van der Waals surface area contributed by atoms with Gasteiger partial charge in [0.25, 0.3) is 0 Å². The molecule has 0 saturated carbocycles. The Labute approximate surface area is 84.0 Å². The van der Waals surface area contributed by atoms with Crippen LogP contribution in [0.15, 0.2) is 24.5 Å². The van der Waals surface area contributed by atoms with Gasteiger partial charge >= 0.3 is 0 Å². The molecule has 0 unspecified atom stereocenters. The third-order valence-corrected chi connectivity index (χ3v) is 2.46. The second-order valence-corrected chi connectivity index (χ2v) is 3.76. The summed E-state index contributed by atoms with van der Waals surface area (Å²) in [5.41, 5.74) is 6.39. The van der Waals surface area contributed by atoms with Crippen molar-refractivity contribution in [2.45, 2.75) is 20.8 Å². The number of hydrogen-bond donors (Lipinski definition) is 1. The van der Waals surface area contributed by atoms with Crippen LogP contribution in [0.5, 0.6) is 0 Å². The van der Waals surface area contributed by atoms with Crippen molar-refractivity contribution in [1.29, 1.82) is 0 Å². The molecule has 0 amide bonds. The van der Waals surface area contributed by atoms with Crippen molar-refractivity contribution >= 4 is 0 Å². The van der Waals surface area contributed by atoms with Crippen LogP contribution in [-0.4, -0.2) is 10.2 Å². The van der Waals surface area contributed by atoms with Crippen molar-refractivity contribution in [3.05, 3.63) is 41.2 Å². The number of aromatic nitrogens is 2. The Morgan fingerprint density at radius 1 is 1.07 bits per heavy atom. The van der Waals surface area contributed by atoms with Crippen molar-refractivity contribution in [2.75, 3.05) is 0 Å². The van der Waals surface area contributed by atoms with Gasteiger partial charge in [0.15, 0.2) is 0 Å². The first-order valence-corrected chi connectivity index (χ1v) is 4.75. The minimum Gasteiger partial charge on any atom is -0.285 e. The lowest BCUT2D eigenvalue weighted by molar-refractivity contribution is 1.09. The van der Waals surface area contributed by atoms with Crippen molar-refractivity contribution in [2.24, 2.45) is 0 Å². The third kappa shape index (κ3) is 1.43. The van der Waals surface area contributed by atoms with Gasteiger partial charge in [0.2, 0.25) is 0 Å². The smallest absolute Gasteiger partial charge is 0.0565 e. The molecule has 1 N–H and O–H groups in total. The van der Waals surface area contributed by atoms with E-state index in [9.17, 15) is 0 Å². The summed E-state index contributed by atoms with van der Waals surface area (Å²) in [6.45, 7) is 6.41. The van der Waals surface area contributed by atoms with Gasteiger partial charge in [-0.15, -0.1) is 0 Å². The highest BCUT2D eigenvalue weighted by Crippen LogP contribution is 2.27. The second-order valence-electron chi connectivity index (χ2n) is 3.76. The molecule has 1 aromatic carbocycles. The lowest BCUT2D eigenvalue weighted by Crippen LogP contribution is -1.88. The lowest BCUT2D eigenvalue weighted by atomic mass is 9.96. The number of aromatic amines is 1. The van der Waals surface area contributed by atoms with Gasteiger partial charge in [-0.3, -0.25) is 5.10 Å². The van der Waals surface area contributed by atoms with Gasteiger partial charge in [-0.1, -0.05) is 17.7 Å². The molecule has 0 spiro atoms. The van der Waals surface area contributed by atoms with Crippen LogP contribution in [0.2, 0.25) is 0 Å². The number of nitrogens with zero attached hydrogens (tertiary/aromatic N) is 1. The van der Waals surface area contributed by atoms with Gasteiger partial charge in [-0.25, -0.2) is 0 Å². The highest BCUT2D eigenvalue weighted by atomic mass is 15.1. The van der Waals surface area contributed by atoms with Gasteiger partial charge in [-0.05, 0) is 37.5 Å². The summed E-state index contributed by atoms with van der Waals surface area (Å²) in [5, 5.41) is 6.83. The molecule has 0 atom stereocenters. The Morgan fingerprint density at radius 2 is 1.71 bits per heavy atom. The Bertz CT molecular complexity index is 418. The molecular weight excluding hydrogens is 172 g/mol. The van der Waals surface area contributed by atoms with Crippen LogP contribution < -0.4 is 0 Å². The van der Waals surface area contributed by atoms with Crippen molar-refractivity contribution in [1.82, 2.24) is 10.2 Å². The number of H-pyrrole nitrogens is 1. The summed E-state index contributed by atoms with van der Waals surface area (Å²) in [6.07, 6.45) is 3.80. The standard InChI is InChI=1S/C12H14N2/c1-8-4-9(2)12(10(3)5-8)11-6-13-14-7-11/h4-7H,1-3H3,(H,13,14). The van der Waals surface area contributed by atoms with E-state index in [0.717, 1.165) is 0 Å². The molecule has 2 nitrogen and oxygen atoms in total. The monoisotopic (exact) mass is 186 g/mol. The summed E-state index contributed by atoms with van der Waals surface area (Å²) < 4.78 is 0. The number of hydrogen-bond acceptors (Lipinski definition) is 1. The van der Waals surface area contributed by atoms with Crippen LogP contribution in [0.4, 0.5) is 0 Å². The van der Waals surface area contributed by atoms with Crippen LogP contribution in [0, 0.1) is 20.8 Å². The zero-order chi connectivity index (χ0) is 10.1. The quantitative estimate of drug-likeness (QED) is 0.728. The maximum absolute atomic E-state index is 3.98. The van der Waals surface area contributed by atoms with E-state index >= 15 is 0 Å². The fourth-order valence-electron chi connectivity index (χ4n) is 2.02. The van der Waals surface area contributed by atoms with Crippen LogP contribution in [0.1, 0.15) is 16.7 Å². The summed E-state index contributed by atoms with van der Waals surface area (Å²) in [4.78, 5) is 0. The SMILES string of the molecule is Cc1cc(C)c(-c2cn[nH]c2)c(C)c1. The zero-order valence-corrected chi connectivity index (χ0v) is 8.76. The molecule has 14 heavy (non-hydrogen) atoms. The molecule has 1 aromatic heterocycles. The summed E-state index contributed by atoms with van der Waals surface area (Å²) in [5.74, 6) is 0. The molecule has 0 bridgehead atoms. The molecule has 0 aliphatic rings. The average Bonchev–Trinajstić information content (AvgIpc) is 2.54. The van der Waals surface area contributed by atoms with E-state index in [1.165, 1.54) is 27.8 Å². The third-order valence-electron chi connectivity index (χ3n) is 2.46. The Hall–Kier alpha value is -1.57. The first-order valence-electron chi connectivity index (χ1n) is 4.75. The molecule has 2 rings (SSSR count). The Kier molecular flexibility index (Phi) is 2.12. The predicted octanol–water partition coefficient (Wildman–Crippen LogP) is 3.00. The normalized spacial score (nSPS) is 10.5. The molecule has 72 valence electrons. The second kappa shape index (κ2) is 3.29. The zero-order valence-electron chi connectivity index (χ0n) is 8.76. The van der Waals surface area contributed by atoms with Gasteiger partial charge < -0.3 is 0 Å². The van der Waals surface area contributed by atoms with E-state index in [1.54, 1.807) is 0 Å². The molecule has 1 heterocycles. The fraction of sp³-hybridized carbons (Fsp3) is 0.250. The molecule has 0 aliphatic heterocycles. The van der Waals surface area contributed by atoms with Crippen LogP contribution in [0.25, 0.3) is 11.1 Å². The number of aryl methyl sites for hydroxylation is 3. The number of rotatable bonds is 1. The minimum absolute atomic E-state index is 1.17. The number of nitrogens with one attached hydrogen (secondary N) is 1. The van der Waals surface area contributed by atoms with E-state index in [2.05, 4.69) is 43.1 Å². The van der Waals surface area contributed by atoms with E-state index in [0.29, 0.717) is 0 Å². The van der Waals surface area contributed by atoms with Crippen molar-refractivity contribution in [3.8, 4) is 11.1 Å². The maximum Gasteiger partial charge on any atom is 0.0565 e. The number of benzene rings is 1. The topological polar surface area (TPSA) is 28.7 Å². The van der Waals surface area contributed by atoms with Crippen LogP contribution >= 0.6 is 0 Å². The minimum atomic E-state index is 1.17. The van der Waals surface area contributed by atoms with Gasteiger partial charge in [0.1, 0.15) is 0 Å². The Morgan fingerprint density at radius 3 is 2.21 bits per heavy atom. The average molecular weight is 186 g/mol. The maximum atomic E-state index is 3.98. The summed E-state index contributed by atoms with van der Waals surface area (Å²) in [7, 11) is 0. The van der Waals surface area contributed by atoms with Crippen molar-refractivity contribution < 1.29 is 0 Å². The van der Waals surface area contributed by atoms with Gasteiger partial charge in [0.05, 0.1) is 6.20 Å². The highest BCUT2D eigenvalue weighted by Gasteiger charge is 2.06.